The standard InChI is InChI=1S/C30H40N6O/c1-20-15-21(2)32-26(16-20)34-13-14-36(30(5,6)19-34)28(37)24-11-12-25-27(33-24)29(3,4)18-35(25)23-9-7-22(17-31)8-10-23/h11-12,15-16,22-23H,7-10,13-14,18-19H2,1-6H3. The molecule has 3 aliphatic rings. The molecule has 0 radical (unpaired) electrons. The molecule has 4 heterocycles. The highest BCUT2D eigenvalue weighted by Crippen LogP contribution is 2.43. The van der Waals surface area contributed by atoms with Gasteiger partial charge in [-0.05, 0) is 83.2 Å². The summed E-state index contributed by atoms with van der Waals surface area (Å²) in [6.07, 6.45) is 4.02. The van der Waals surface area contributed by atoms with E-state index in [0.29, 0.717) is 18.3 Å². The van der Waals surface area contributed by atoms with Crippen LogP contribution in [0.1, 0.15) is 80.8 Å². The van der Waals surface area contributed by atoms with Crippen LogP contribution < -0.4 is 9.80 Å². The number of rotatable bonds is 3. The van der Waals surface area contributed by atoms with E-state index in [1.807, 2.05) is 17.9 Å². The average molecular weight is 501 g/mol. The molecule has 0 N–H and O–H groups in total. The molecule has 2 aromatic heterocycles. The van der Waals surface area contributed by atoms with E-state index in [-0.39, 0.29) is 22.8 Å². The minimum Gasteiger partial charge on any atom is -0.366 e. The van der Waals surface area contributed by atoms with Gasteiger partial charge in [0.25, 0.3) is 5.91 Å². The highest BCUT2D eigenvalue weighted by molar-refractivity contribution is 5.93. The van der Waals surface area contributed by atoms with Gasteiger partial charge < -0.3 is 14.7 Å². The molecule has 37 heavy (non-hydrogen) atoms. The number of carbonyl (C=O) groups is 1. The summed E-state index contributed by atoms with van der Waals surface area (Å²) >= 11 is 0. The Hall–Kier alpha value is -3.14. The molecular weight excluding hydrogens is 460 g/mol. The monoisotopic (exact) mass is 500 g/mol. The number of carbonyl (C=O) groups excluding carboxylic acids is 1. The van der Waals surface area contributed by atoms with Gasteiger partial charge in [0, 0.05) is 49.2 Å². The molecule has 2 aromatic rings. The molecule has 1 saturated carbocycles. The van der Waals surface area contributed by atoms with Crippen molar-refractivity contribution >= 4 is 17.4 Å². The summed E-state index contributed by atoms with van der Waals surface area (Å²) in [6, 6.07) is 11.1. The molecule has 1 aliphatic carbocycles. The average Bonchev–Trinajstić information content (AvgIpc) is 3.12. The van der Waals surface area contributed by atoms with Crippen LogP contribution in [0.25, 0.3) is 0 Å². The van der Waals surface area contributed by atoms with Gasteiger partial charge in [-0.3, -0.25) is 4.79 Å². The van der Waals surface area contributed by atoms with Gasteiger partial charge in [-0.25, -0.2) is 9.97 Å². The van der Waals surface area contributed by atoms with Crippen LogP contribution in [0, 0.1) is 31.1 Å². The Morgan fingerprint density at radius 1 is 1.00 bits per heavy atom. The maximum Gasteiger partial charge on any atom is 0.273 e. The maximum absolute atomic E-state index is 13.8. The molecule has 0 unspecified atom stereocenters. The van der Waals surface area contributed by atoms with Crippen molar-refractivity contribution in [3.8, 4) is 6.07 Å². The van der Waals surface area contributed by atoms with Crippen LogP contribution in [-0.2, 0) is 5.41 Å². The summed E-state index contributed by atoms with van der Waals surface area (Å²) in [6.45, 7) is 15.9. The summed E-state index contributed by atoms with van der Waals surface area (Å²) in [5, 5.41) is 9.29. The van der Waals surface area contributed by atoms with E-state index in [2.05, 4.69) is 68.7 Å². The predicted molar refractivity (Wildman–Crippen MR) is 147 cm³/mol. The highest BCUT2D eigenvalue weighted by atomic mass is 16.2. The number of fused-ring (bicyclic) bond motifs is 1. The van der Waals surface area contributed by atoms with Gasteiger partial charge in [-0.2, -0.15) is 5.26 Å². The third-order valence-electron chi connectivity index (χ3n) is 8.48. The van der Waals surface area contributed by atoms with Gasteiger partial charge in [0.2, 0.25) is 0 Å². The largest absolute Gasteiger partial charge is 0.366 e. The summed E-state index contributed by atoms with van der Waals surface area (Å²) < 4.78 is 0. The zero-order valence-electron chi connectivity index (χ0n) is 23.2. The number of aryl methyl sites for hydroxylation is 2. The van der Waals surface area contributed by atoms with Crippen molar-refractivity contribution in [2.75, 3.05) is 36.0 Å². The number of nitrogens with zero attached hydrogens (tertiary/aromatic N) is 6. The molecule has 7 heteroatoms. The summed E-state index contributed by atoms with van der Waals surface area (Å²) in [4.78, 5) is 30.4. The lowest BCUT2D eigenvalue weighted by Gasteiger charge is -2.47. The van der Waals surface area contributed by atoms with Gasteiger partial charge in [-0.15, -0.1) is 0 Å². The predicted octanol–water partition coefficient (Wildman–Crippen LogP) is 5.01. The molecule has 2 fully saturated rings. The first-order valence-electron chi connectivity index (χ1n) is 13.7. The van der Waals surface area contributed by atoms with E-state index in [1.165, 1.54) is 5.56 Å². The first kappa shape index (κ1) is 25.5. The second-order valence-corrected chi connectivity index (χ2v) is 12.5. The third kappa shape index (κ3) is 4.79. The van der Waals surface area contributed by atoms with Crippen LogP contribution in [0.5, 0.6) is 0 Å². The second kappa shape index (κ2) is 9.31. The van der Waals surface area contributed by atoms with Crippen molar-refractivity contribution in [1.29, 1.82) is 5.26 Å². The Bertz CT molecular complexity index is 1220. The molecule has 1 amide bonds. The molecule has 2 aliphatic heterocycles. The topological polar surface area (TPSA) is 76.4 Å². The Morgan fingerprint density at radius 2 is 1.73 bits per heavy atom. The lowest BCUT2D eigenvalue weighted by Crippen LogP contribution is -2.61. The van der Waals surface area contributed by atoms with Crippen LogP contribution in [0.2, 0.25) is 0 Å². The van der Waals surface area contributed by atoms with E-state index in [9.17, 15) is 10.1 Å². The quantitative estimate of drug-likeness (QED) is 0.589. The number of piperazine rings is 1. The number of nitriles is 1. The number of hydrogen-bond acceptors (Lipinski definition) is 6. The molecule has 7 nitrogen and oxygen atoms in total. The lowest BCUT2D eigenvalue weighted by atomic mass is 9.86. The Labute approximate surface area is 221 Å². The number of anilines is 2. The number of hydrogen-bond donors (Lipinski definition) is 0. The third-order valence-corrected chi connectivity index (χ3v) is 8.48. The number of pyridine rings is 2. The molecular formula is C30H40N6O. The van der Waals surface area contributed by atoms with Gasteiger partial charge in [0.1, 0.15) is 11.5 Å². The van der Waals surface area contributed by atoms with Crippen molar-refractivity contribution in [3.63, 3.8) is 0 Å². The van der Waals surface area contributed by atoms with E-state index in [1.54, 1.807) is 0 Å². The van der Waals surface area contributed by atoms with E-state index in [0.717, 1.165) is 68.2 Å². The lowest BCUT2D eigenvalue weighted by molar-refractivity contribution is 0.0507. The second-order valence-electron chi connectivity index (χ2n) is 12.5. The van der Waals surface area contributed by atoms with Gasteiger partial charge >= 0.3 is 0 Å². The maximum atomic E-state index is 13.8. The fourth-order valence-corrected chi connectivity index (χ4v) is 6.58. The fourth-order valence-electron chi connectivity index (χ4n) is 6.58. The SMILES string of the molecule is Cc1cc(C)nc(N2CCN(C(=O)c3ccc4c(n3)C(C)(C)CN4C3CCC(C#N)CC3)C(C)(C)C2)c1. The van der Waals surface area contributed by atoms with E-state index in [4.69, 9.17) is 9.97 Å². The van der Waals surface area contributed by atoms with Crippen LogP contribution in [0.15, 0.2) is 24.3 Å². The van der Waals surface area contributed by atoms with Crippen molar-refractivity contribution in [2.45, 2.75) is 84.2 Å². The van der Waals surface area contributed by atoms with Crippen molar-refractivity contribution in [1.82, 2.24) is 14.9 Å². The molecule has 1 saturated heterocycles. The smallest absolute Gasteiger partial charge is 0.273 e. The van der Waals surface area contributed by atoms with Gasteiger partial charge in [0.15, 0.2) is 0 Å². The van der Waals surface area contributed by atoms with E-state index >= 15 is 0 Å². The minimum absolute atomic E-state index is 0.00427. The van der Waals surface area contributed by atoms with Crippen LogP contribution in [0.3, 0.4) is 0 Å². The van der Waals surface area contributed by atoms with Gasteiger partial charge in [0.05, 0.1) is 23.0 Å². The molecule has 5 rings (SSSR count). The Morgan fingerprint density at radius 3 is 2.38 bits per heavy atom. The van der Waals surface area contributed by atoms with Crippen LogP contribution >= 0.6 is 0 Å². The Kier molecular flexibility index (Phi) is 6.42. The van der Waals surface area contributed by atoms with Gasteiger partial charge in [-0.1, -0.05) is 13.8 Å². The number of aromatic nitrogens is 2. The molecule has 0 bridgehead atoms. The van der Waals surface area contributed by atoms with Crippen LogP contribution in [-0.4, -0.2) is 58.5 Å². The molecule has 0 spiro atoms. The first-order valence-corrected chi connectivity index (χ1v) is 13.7. The summed E-state index contributed by atoms with van der Waals surface area (Å²) in [5.74, 6) is 1.18. The zero-order chi connectivity index (χ0) is 26.5. The molecule has 196 valence electrons. The first-order chi connectivity index (χ1) is 17.5. The highest BCUT2D eigenvalue weighted by Gasteiger charge is 2.42. The van der Waals surface area contributed by atoms with Crippen molar-refractivity contribution in [3.05, 3.63) is 46.9 Å². The van der Waals surface area contributed by atoms with Crippen molar-refractivity contribution < 1.29 is 4.79 Å². The number of amides is 1. The Balaban J connectivity index is 1.35. The van der Waals surface area contributed by atoms with Crippen LogP contribution in [0.4, 0.5) is 11.5 Å². The van der Waals surface area contributed by atoms with E-state index < -0.39 is 0 Å². The summed E-state index contributed by atoms with van der Waals surface area (Å²) in [7, 11) is 0. The fraction of sp³-hybridized carbons (Fsp3) is 0.600. The zero-order valence-corrected chi connectivity index (χ0v) is 23.2. The summed E-state index contributed by atoms with van der Waals surface area (Å²) in [5.41, 5.74) is 4.47. The van der Waals surface area contributed by atoms with Crippen molar-refractivity contribution in [2.24, 2.45) is 5.92 Å². The normalized spacial score (nSPS) is 24.5. The minimum atomic E-state index is -0.351. The molecule has 0 atom stereocenters. The molecule has 0 aromatic carbocycles.